The number of likely N-dealkylation sites (tertiary alicyclic amines) is 1. The van der Waals surface area contributed by atoms with Crippen LogP contribution < -0.4 is 9.47 Å². The number of thiophene rings is 1. The van der Waals surface area contributed by atoms with Crippen LogP contribution in [-0.4, -0.2) is 85.0 Å². The Kier molecular flexibility index (Phi) is 6.62. The first-order valence-corrected chi connectivity index (χ1v) is 14.5. The summed E-state index contributed by atoms with van der Waals surface area (Å²) in [6.07, 6.45) is 3.71. The molecule has 1 aromatic carbocycles. The van der Waals surface area contributed by atoms with Gasteiger partial charge in [-0.3, -0.25) is 9.48 Å². The molecule has 0 spiro atoms. The van der Waals surface area contributed by atoms with Crippen molar-refractivity contribution in [1.29, 1.82) is 0 Å². The maximum Gasteiger partial charge on any atom is 0.275 e. The van der Waals surface area contributed by atoms with Crippen LogP contribution in [0.5, 0.6) is 11.5 Å². The van der Waals surface area contributed by atoms with E-state index in [2.05, 4.69) is 12.0 Å². The van der Waals surface area contributed by atoms with E-state index in [1.165, 1.54) is 0 Å². The van der Waals surface area contributed by atoms with Gasteiger partial charge in [0.15, 0.2) is 5.69 Å². The predicted molar refractivity (Wildman–Crippen MR) is 163 cm³/mol. The maximum atomic E-state index is 14.3. The van der Waals surface area contributed by atoms with E-state index in [4.69, 9.17) is 19.3 Å². The van der Waals surface area contributed by atoms with Crippen LogP contribution in [0.2, 0.25) is 0 Å². The molecule has 0 saturated carbocycles. The molecule has 5 heterocycles. The van der Waals surface area contributed by atoms with Gasteiger partial charge in [-0.25, -0.2) is 4.68 Å². The van der Waals surface area contributed by atoms with Gasteiger partial charge in [0.2, 0.25) is 0 Å². The molecule has 3 aromatic heterocycles. The van der Waals surface area contributed by atoms with Crippen molar-refractivity contribution in [2.45, 2.75) is 37.2 Å². The highest BCUT2D eigenvalue weighted by atomic mass is 32.1. The summed E-state index contributed by atoms with van der Waals surface area (Å²) in [6, 6.07) is 7.90. The molecule has 1 unspecified atom stereocenters. The number of carbonyl (C=O) groups is 1. The molecule has 204 valence electrons. The SMILES string of the molecule is BC(B)(B)OCC1(C)CCCN1C(=O)c1nn(-c2ccsc2)c2c1COc1cc(OC)c(-c3ccn(C)n3)cc1-2. The number of amides is 1. The van der Waals surface area contributed by atoms with Gasteiger partial charge in [0.05, 0.1) is 36.3 Å². The van der Waals surface area contributed by atoms with Gasteiger partial charge >= 0.3 is 0 Å². The van der Waals surface area contributed by atoms with Crippen molar-refractivity contribution in [1.82, 2.24) is 24.5 Å². The second-order valence-corrected chi connectivity index (χ2v) is 12.5. The summed E-state index contributed by atoms with van der Waals surface area (Å²) in [4.78, 5) is 16.2. The molecule has 13 heteroatoms. The minimum atomic E-state index is -0.406. The summed E-state index contributed by atoms with van der Waals surface area (Å²) in [5.41, 5.74) is 5.04. The van der Waals surface area contributed by atoms with Crippen molar-refractivity contribution in [3.63, 3.8) is 0 Å². The van der Waals surface area contributed by atoms with Gasteiger partial charge in [0.1, 0.15) is 41.6 Å². The summed E-state index contributed by atoms with van der Waals surface area (Å²) in [7, 11) is 9.65. The first-order chi connectivity index (χ1) is 19.1. The number of nitrogens with zero attached hydrogens (tertiary/aromatic N) is 5. The Balaban J connectivity index is 1.48. The van der Waals surface area contributed by atoms with E-state index in [0.717, 1.165) is 46.6 Å². The summed E-state index contributed by atoms with van der Waals surface area (Å²) >= 11 is 1.59. The highest BCUT2D eigenvalue weighted by Gasteiger charge is 2.43. The van der Waals surface area contributed by atoms with Gasteiger partial charge < -0.3 is 19.1 Å². The molecule has 1 saturated heterocycles. The minimum Gasteiger partial charge on any atom is -0.496 e. The largest absolute Gasteiger partial charge is 0.496 e. The van der Waals surface area contributed by atoms with Crippen molar-refractivity contribution in [2.24, 2.45) is 7.05 Å². The molecule has 1 amide bonds. The van der Waals surface area contributed by atoms with Gasteiger partial charge in [-0.1, -0.05) is 0 Å². The van der Waals surface area contributed by atoms with Crippen LogP contribution in [0.1, 0.15) is 35.8 Å². The molecule has 1 fully saturated rings. The lowest BCUT2D eigenvalue weighted by molar-refractivity contribution is 0.0180. The number of aromatic nitrogens is 4. The number of fused-ring (bicyclic) bond motifs is 3. The van der Waals surface area contributed by atoms with Gasteiger partial charge in [-0.15, -0.1) is 0 Å². The monoisotopic (exact) mass is 555 g/mol. The number of hydrogen-bond acceptors (Lipinski definition) is 7. The molecule has 40 heavy (non-hydrogen) atoms. The lowest BCUT2D eigenvalue weighted by Crippen LogP contribution is -2.51. The molecule has 2 aliphatic heterocycles. The highest BCUT2D eigenvalue weighted by molar-refractivity contribution is 7.08. The Morgan fingerprint density at radius 2 is 2.05 bits per heavy atom. The fraction of sp³-hybridized carbons (Fsp3) is 0.370. The summed E-state index contributed by atoms with van der Waals surface area (Å²) in [5.74, 6) is 1.27. The van der Waals surface area contributed by atoms with E-state index >= 15 is 0 Å². The summed E-state index contributed by atoms with van der Waals surface area (Å²) in [5, 5.41) is 13.3. The third-order valence-electron chi connectivity index (χ3n) is 7.67. The fourth-order valence-corrected chi connectivity index (χ4v) is 6.18. The van der Waals surface area contributed by atoms with E-state index in [1.807, 2.05) is 81.4 Å². The van der Waals surface area contributed by atoms with Crippen LogP contribution in [0.4, 0.5) is 0 Å². The first kappa shape index (κ1) is 26.8. The van der Waals surface area contributed by atoms with E-state index < -0.39 is 5.54 Å². The van der Waals surface area contributed by atoms with Crippen LogP contribution in [0, 0.1) is 0 Å². The lowest BCUT2D eigenvalue weighted by atomic mass is 9.52. The molecule has 0 aliphatic carbocycles. The minimum absolute atomic E-state index is 0.0896. The smallest absolute Gasteiger partial charge is 0.275 e. The second kappa shape index (κ2) is 9.88. The number of carbonyl (C=O) groups excluding carboxylic acids is 1. The number of hydrogen-bond donors (Lipinski definition) is 0. The molecule has 4 aromatic rings. The van der Waals surface area contributed by atoms with Crippen molar-refractivity contribution < 1.29 is 19.0 Å². The topological polar surface area (TPSA) is 83.6 Å². The maximum absolute atomic E-state index is 14.3. The normalized spacial score (nSPS) is 18.3. The van der Waals surface area contributed by atoms with Crippen LogP contribution in [0.15, 0.2) is 41.2 Å². The van der Waals surface area contributed by atoms with E-state index in [-0.39, 0.29) is 17.8 Å². The average molecular weight is 555 g/mol. The standard InChI is InChI=1S/C27H32B3N5O4S/c1-26(15-39-27(28,29)30)7-4-8-34(26)25(36)23-19-13-38-22-12-21(37-3)17(20-5-9-33(2)31-20)11-18(22)24(19)35(32-23)16-6-10-40-14-16/h5-6,9-12,14H,4,7-8,13,15,28-30H2,1-3H3. The Bertz CT molecular complexity index is 1580. The molecule has 0 radical (unpaired) electrons. The van der Waals surface area contributed by atoms with E-state index in [0.29, 0.717) is 30.3 Å². The third kappa shape index (κ3) is 4.64. The number of methoxy groups -OCH3 is 1. The zero-order valence-corrected chi connectivity index (χ0v) is 24.7. The second-order valence-electron chi connectivity index (χ2n) is 11.7. The third-order valence-corrected chi connectivity index (χ3v) is 8.34. The molecule has 6 rings (SSSR count). The average Bonchev–Trinajstić information content (AvgIpc) is 3.72. The highest BCUT2D eigenvalue weighted by Crippen LogP contribution is 2.46. The van der Waals surface area contributed by atoms with Crippen LogP contribution in [-0.2, 0) is 18.4 Å². The molecule has 1 atom stereocenters. The van der Waals surface area contributed by atoms with Crippen molar-refractivity contribution >= 4 is 40.8 Å². The lowest BCUT2D eigenvalue weighted by Gasteiger charge is -2.37. The Morgan fingerprint density at radius 1 is 1.23 bits per heavy atom. The number of benzene rings is 1. The zero-order valence-electron chi connectivity index (χ0n) is 23.9. The molecule has 2 aliphatic rings. The molecule has 9 nitrogen and oxygen atoms in total. The fourth-order valence-electron chi connectivity index (χ4n) is 5.56. The Hall–Kier alpha value is -3.44. The molecular weight excluding hydrogens is 523 g/mol. The van der Waals surface area contributed by atoms with E-state index in [9.17, 15) is 4.79 Å². The zero-order chi connectivity index (χ0) is 28.2. The van der Waals surface area contributed by atoms with Gasteiger partial charge in [-0.2, -0.15) is 21.5 Å². The van der Waals surface area contributed by atoms with Gasteiger partial charge in [-0.05, 0) is 48.6 Å². The predicted octanol–water partition coefficient (Wildman–Crippen LogP) is 1.42. The Morgan fingerprint density at radius 3 is 2.73 bits per heavy atom. The number of rotatable bonds is 7. The van der Waals surface area contributed by atoms with Crippen molar-refractivity contribution in [2.75, 3.05) is 20.3 Å². The van der Waals surface area contributed by atoms with Crippen LogP contribution >= 0.6 is 11.3 Å². The van der Waals surface area contributed by atoms with Crippen LogP contribution in [0.3, 0.4) is 0 Å². The molecule has 0 N–H and O–H groups in total. The first-order valence-electron chi connectivity index (χ1n) is 13.5. The number of aryl methyl sites for hydroxylation is 1. The summed E-state index contributed by atoms with van der Waals surface area (Å²) < 4.78 is 21.8. The molecular formula is C27H32B3N5O4S. The van der Waals surface area contributed by atoms with Crippen molar-refractivity contribution in [3.8, 4) is 39.7 Å². The van der Waals surface area contributed by atoms with Gasteiger partial charge in [0, 0.05) is 47.9 Å². The molecule has 0 bridgehead atoms. The van der Waals surface area contributed by atoms with E-state index in [1.54, 1.807) is 23.1 Å². The quantitative estimate of drug-likeness (QED) is 0.321. The summed E-state index contributed by atoms with van der Waals surface area (Å²) in [6.45, 7) is 3.50. The van der Waals surface area contributed by atoms with Gasteiger partial charge in [0.25, 0.3) is 5.91 Å². The Labute approximate surface area is 240 Å². The number of ether oxygens (including phenoxy) is 3. The van der Waals surface area contributed by atoms with Crippen molar-refractivity contribution in [3.05, 3.63) is 52.5 Å². The van der Waals surface area contributed by atoms with Crippen LogP contribution in [0.25, 0.3) is 28.2 Å².